The van der Waals surface area contributed by atoms with Gasteiger partial charge in [0.05, 0.1) is 24.6 Å². The summed E-state index contributed by atoms with van der Waals surface area (Å²) in [6.07, 6.45) is -0.0883. The molecule has 2 fully saturated rings. The molecule has 12 heteroatoms. The second-order valence-electron chi connectivity index (χ2n) is 9.00. The Labute approximate surface area is 218 Å². The minimum atomic E-state index is -1.69. The standard InChI is InChI=1S/C24H29N3O7S2/c1-22(14-25)13-24(36-18(29)12-33-5)21(31)26(3)23(2,35-17(28)11-32-4)20(30)27(24)19(22)15-7-9-16(34-6)10-8-15/h7-10,19H,11-13H2,1-6H3/t19-,22+,23-,24-/m0/s1. The summed E-state index contributed by atoms with van der Waals surface area (Å²) >= 11 is 1.37. The third kappa shape index (κ3) is 4.49. The number of methoxy groups -OCH3 is 3. The van der Waals surface area contributed by atoms with Crippen molar-refractivity contribution in [2.45, 2.75) is 36.1 Å². The number of nitrogens with zero attached hydrogens (tertiary/aromatic N) is 3. The molecule has 2 saturated heterocycles. The van der Waals surface area contributed by atoms with E-state index >= 15 is 0 Å². The Morgan fingerprint density at radius 3 is 2.08 bits per heavy atom. The molecule has 10 nitrogen and oxygen atoms in total. The van der Waals surface area contributed by atoms with E-state index in [1.807, 2.05) is 0 Å². The quantitative estimate of drug-likeness (QED) is 0.489. The molecule has 1 aromatic rings. The fourth-order valence-electron chi connectivity index (χ4n) is 4.81. The monoisotopic (exact) mass is 535 g/mol. The number of hydrogen-bond acceptors (Lipinski definition) is 10. The number of rotatable bonds is 8. The van der Waals surface area contributed by atoms with Crippen LogP contribution in [-0.2, 0) is 28.7 Å². The average molecular weight is 536 g/mol. The van der Waals surface area contributed by atoms with Gasteiger partial charge in [-0.2, -0.15) is 5.26 Å². The van der Waals surface area contributed by atoms with Crippen molar-refractivity contribution in [1.82, 2.24) is 9.80 Å². The van der Waals surface area contributed by atoms with Crippen molar-refractivity contribution in [3.63, 3.8) is 0 Å². The van der Waals surface area contributed by atoms with Gasteiger partial charge in [-0.3, -0.25) is 19.2 Å². The zero-order valence-electron chi connectivity index (χ0n) is 21.0. The molecular weight excluding hydrogens is 506 g/mol. The number of hydrogen-bond donors (Lipinski definition) is 0. The predicted octanol–water partition coefficient (Wildman–Crippen LogP) is 2.20. The van der Waals surface area contributed by atoms with Crippen molar-refractivity contribution < 1.29 is 33.4 Å². The minimum absolute atomic E-state index is 0.0883. The van der Waals surface area contributed by atoms with E-state index in [1.165, 1.54) is 45.1 Å². The van der Waals surface area contributed by atoms with Crippen molar-refractivity contribution in [2.24, 2.45) is 5.41 Å². The van der Waals surface area contributed by atoms with Crippen molar-refractivity contribution in [3.05, 3.63) is 29.8 Å². The molecule has 0 bridgehead atoms. The Balaban J connectivity index is 2.24. The van der Waals surface area contributed by atoms with Crippen molar-refractivity contribution in [3.8, 4) is 11.8 Å². The molecule has 2 aliphatic heterocycles. The van der Waals surface area contributed by atoms with E-state index in [-0.39, 0.29) is 19.6 Å². The lowest BCUT2D eigenvalue weighted by atomic mass is 9.79. The van der Waals surface area contributed by atoms with Crippen LogP contribution in [0.15, 0.2) is 24.3 Å². The molecule has 4 atom stereocenters. The van der Waals surface area contributed by atoms with Crippen LogP contribution in [0.3, 0.4) is 0 Å². The summed E-state index contributed by atoms with van der Waals surface area (Å²) in [4.78, 5) is 53.0. The van der Waals surface area contributed by atoms with Crippen LogP contribution in [-0.4, -0.2) is 83.2 Å². The van der Waals surface area contributed by atoms with Crippen LogP contribution < -0.4 is 4.74 Å². The first-order valence-electron chi connectivity index (χ1n) is 11.0. The molecule has 2 aliphatic rings. The van der Waals surface area contributed by atoms with Crippen molar-refractivity contribution in [2.75, 3.05) is 41.6 Å². The van der Waals surface area contributed by atoms with E-state index in [0.29, 0.717) is 34.8 Å². The van der Waals surface area contributed by atoms with Crippen molar-refractivity contribution in [1.29, 1.82) is 5.26 Å². The first-order chi connectivity index (χ1) is 16.9. The van der Waals surface area contributed by atoms with Gasteiger partial charge in [0.25, 0.3) is 11.8 Å². The molecule has 194 valence electrons. The normalized spacial score (nSPS) is 29.6. The molecule has 36 heavy (non-hydrogen) atoms. The summed E-state index contributed by atoms with van der Waals surface area (Å²) in [5.74, 6) is -0.525. The lowest BCUT2D eigenvalue weighted by Gasteiger charge is -2.52. The Morgan fingerprint density at radius 1 is 1.03 bits per heavy atom. The summed E-state index contributed by atoms with van der Waals surface area (Å²) in [7, 11) is 5.67. The average Bonchev–Trinajstić information content (AvgIpc) is 3.11. The van der Waals surface area contributed by atoms with Gasteiger partial charge in [-0.25, -0.2) is 0 Å². The summed E-state index contributed by atoms with van der Waals surface area (Å²) in [5.41, 5.74) is -0.629. The molecule has 0 saturated carbocycles. The highest BCUT2D eigenvalue weighted by molar-refractivity contribution is 8.16. The SMILES string of the molecule is COCC(=O)S[C@@]1(C)C(=O)N2[C@@H](c3ccc(OC)cc3)[C@@](C)(C#N)C[C@]2(SC(=O)COC)C(=O)N1C. The van der Waals surface area contributed by atoms with Crippen LogP contribution in [0.25, 0.3) is 0 Å². The molecule has 1 aromatic carbocycles. The number of piperazine rings is 1. The number of likely N-dealkylation sites (N-methyl/N-ethyl adjacent to an activating group) is 1. The number of amides is 2. The third-order valence-corrected chi connectivity index (χ3v) is 8.95. The highest BCUT2D eigenvalue weighted by Gasteiger charge is 2.71. The molecule has 2 amide bonds. The predicted molar refractivity (Wildman–Crippen MR) is 134 cm³/mol. The van der Waals surface area contributed by atoms with E-state index in [1.54, 1.807) is 31.2 Å². The van der Waals surface area contributed by atoms with Crippen LogP contribution in [0.4, 0.5) is 0 Å². The van der Waals surface area contributed by atoms with E-state index in [0.717, 1.165) is 0 Å². The molecular formula is C24H29N3O7S2. The fourth-order valence-corrected chi connectivity index (χ4v) is 7.27. The van der Waals surface area contributed by atoms with Gasteiger partial charge < -0.3 is 24.0 Å². The fraction of sp³-hybridized carbons (Fsp3) is 0.542. The summed E-state index contributed by atoms with van der Waals surface area (Å²) in [6.45, 7) is 2.63. The van der Waals surface area contributed by atoms with Crippen LogP contribution in [0.2, 0.25) is 0 Å². The summed E-state index contributed by atoms with van der Waals surface area (Å²) in [6, 6.07) is 8.29. The zero-order valence-corrected chi connectivity index (χ0v) is 22.7. The van der Waals surface area contributed by atoms with Gasteiger partial charge in [-0.15, -0.1) is 0 Å². The number of carbonyl (C=O) groups is 4. The van der Waals surface area contributed by atoms with Gasteiger partial charge in [0.15, 0.2) is 9.74 Å². The third-order valence-electron chi connectivity index (χ3n) is 6.56. The Bertz CT molecular complexity index is 1110. The van der Waals surface area contributed by atoms with E-state index in [9.17, 15) is 24.4 Å². The Hall–Kier alpha value is -2.59. The topological polar surface area (TPSA) is 126 Å². The van der Waals surface area contributed by atoms with Gasteiger partial charge in [0.1, 0.15) is 19.0 Å². The first kappa shape index (κ1) is 28.0. The highest BCUT2D eigenvalue weighted by Crippen LogP contribution is 2.62. The largest absolute Gasteiger partial charge is 0.497 e. The van der Waals surface area contributed by atoms with Crippen LogP contribution in [0.1, 0.15) is 31.9 Å². The Morgan fingerprint density at radius 2 is 1.58 bits per heavy atom. The zero-order chi connectivity index (χ0) is 26.9. The van der Waals surface area contributed by atoms with Crippen molar-refractivity contribution >= 4 is 45.6 Å². The number of ether oxygens (including phenoxy) is 3. The molecule has 0 spiro atoms. The number of thioether (sulfide) groups is 2. The van der Waals surface area contributed by atoms with E-state index in [4.69, 9.17) is 14.2 Å². The van der Waals surface area contributed by atoms with Gasteiger partial charge in [0.2, 0.25) is 10.2 Å². The lowest BCUT2D eigenvalue weighted by Crippen LogP contribution is -2.71. The van der Waals surface area contributed by atoms with Gasteiger partial charge in [0, 0.05) is 27.7 Å². The first-order valence-corrected chi connectivity index (χ1v) is 12.7. The summed E-state index contributed by atoms with van der Waals surface area (Å²) in [5, 5.41) is 9.41. The minimum Gasteiger partial charge on any atom is -0.497 e. The van der Waals surface area contributed by atoms with Gasteiger partial charge in [-0.05, 0) is 55.1 Å². The molecule has 2 heterocycles. The van der Waals surface area contributed by atoms with E-state index < -0.39 is 43.2 Å². The lowest BCUT2D eigenvalue weighted by molar-refractivity contribution is -0.163. The highest BCUT2D eigenvalue weighted by atomic mass is 32.2. The molecule has 0 radical (unpaired) electrons. The number of nitriles is 1. The number of carbonyl (C=O) groups excluding carboxylic acids is 4. The van der Waals surface area contributed by atoms with Gasteiger partial charge >= 0.3 is 0 Å². The molecule has 0 N–H and O–H groups in total. The number of benzene rings is 1. The maximum atomic E-state index is 14.3. The second kappa shape index (κ2) is 10.4. The molecule has 0 aromatic heterocycles. The maximum absolute atomic E-state index is 14.3. The molecule has 0 aliphatic carbocycles. The summed E-state index contributed by atoms with van der Waals surface area (Å²) < 4.78 is 15.1. The second-order valence-corrected chi connectivity index (χ2v) is 11.8. The smallest absolute Gasteiger partial charge is 0.261 e. The molecule has 3 rings (SSSR count). The Kier molecular flexibility index (Phi) is 8.10. The maximum Gasteiger partial charge on any atom is 0.261 e. The van der Waals surface area contributed by atoms with E-state index in [2.05, 4.69) is 6.07 Å². The van der Waals surface area contributed by atoms with Crippen LogP contribution in [0, 0.1) is 16.7 Å². The van der Waals surface area contributed by atoms with Gasteiger partial charge in [-0.1, -0.05) is 12.1 Å². The molecule has 0 unspecified atom stereocenters. The number of fused-ring (bicyclic) bond motifs is 1. The van der Waals surface area contributed by atoms with Crippen LogP contribution in [0.5, 0.6) is 5.75 Å². The van der Waals surface area contributed by atoms with Crippen LogP contribution >= 0.6 is 23.5 Å².